The summed E-state index contributed by atoms with van der Waals surface area (Å²) in [7, 11) is 0. The SMILES string of the molecule is CC[C@@](C)(CO)NC(=O)c1cc(C)cc(F)c1. The quantitative estimate of drug-likeness (QED) is 0.844. The van der Waals surface area contributed by atoms with Crippen molar-refractivity contribution in [3.63, 3.8) is 0 Å². The maximum atomic E-state index is 13.2. The number of amides is 1. The molecule has 0 heterocycles. The maximum absolute atomic E-state index is 13.2. The molecule has 0 saturated heterocycles. The zero-order valence-electron chi connectivity index (χ0n) is 10.4. The van der Waals surface area contributed by atoms with E-state index in [9.17, 15) is 14.3 Å². The third kappa shape index (κ3) is 3.53. The van der Waals surface area contributed by atoms with E-state index in [2.05, 4.69) is 5.32 Å². The van der Waals surface area contributed by atoms with Gasteiger partial charge in [-0.2, -0.15) is 0 Å². The normalized spacial score (nSPS) is 14.2. The van der Waals surface area contributed by atoms with Gasteiger partial charge in [0.1, 0.15) is 5.82 Å². The number of hydrogen-bond acceptors (Lipinski definition) is 2. The molecule has 2 N–H and O–H groups in total. The molecular formula is C13H18FNO2. The topological polar surface area (TPSA) is 49.3 Å². The van der Waals surface area contributed by atoms with Gasteiger partial charge in [0, 0.05) is 5.56 Å². The summed E-state index contributed by atoms with van der Waals surface area (Å²) < 4.78 is 13.2. The lowest BCUT2D eigenvalue weighted by Gasteiger charge is -2.27. The van der Waals surface area contributed by atoms with E-state index in [-0.39, 0.29) is 18.1 Å². The second-order valence-corrected chi connectivity index (χ2v) is 4.54. The van der Waals surface area contributed by atoms with Gasteiger partial charge in [-0.3, -0.25) is 4.79 Å². The highest BCUT2D eigenvalue weighted by Gasteiger charge is 2.23. The first-order valence-corrected chi connectivity index (χ1v) is 5.61. The Labute approximate surface area is 101 Å². The fourth-order valence-electron chi connectivity index (χ4n) is 1.45. The molecule has 0 aromatic heterocycles. The summed E-state index contributed by atoms with van der Waals surface area (Å²) in [6.45, 7) is 5.19. The Morgan fingerprint density at radius 3 is 2.59 bits per heavy atom. The minimum atomic E-state index is -0.669. The van der Waals surface area contributed by atoms with Crippen LogP contribution < -0.4 is 5.32 Å². The molecule has 1 amide bonds. The number of benzene rings is 1. The molecule has 1 atom stereocenters. The summed E-state index contributed by atoms with van der Waals surface area (Å²) in [5.41, 5.74) is 0.296. The van der Waals surface area contributed by atoms with Crippen molar-refractivity contribution < 1.29 is 14.3 Å². The van der Waals surface area contributed by atoms with Crippen LogP contribution >= 0.6 is 0 Å². The zero-order valence-corrected chi connectivity index (χ0v) is 10.4. The molecule has 0 aliphatic carbocycles. The van der Waals surface area contributed by atoms with Crippen LogP contribution in [-0.4, -0.2) is 23.2 Å². The van der Waals surface area contributed by atoms with Gasteiger partial charge in [-0.05, 0) is 44.0 Å². The third-order valence-corrected chi connectivity index (χ3v) is 2.85. The zero-order chi connectivity index (χ0) is 13.1. The Morgan fingerprint density at radius 2 is 2.12 bits per heavy atom. The highest BCUT2D eigenvalue weighted by molar-refractivity contribution is 5.94. The predicted molar refractivity (Wildman–Crippen MR) is 64.4 cm³/mol. The van der Waals surface area contributed by atoms with Crippen molar-refractivity contribution >= 4 is 5.91 Å². The van der Waals surface area contributed by atoms with Crippen LogP contribution in [0.15, 0.2) is 18.2 Å². The molecule has 3 nitrogen and oxygen atoms in total. The Bertz CT molecular complexity index is 394. The molecule has 4 heteroatoms. The molecular weight excluding hydrogens is 221 g/mol. The van der Waals surface area contributed by atoms with Gasteiger partial charge in [-0.15, -0.1) is 0 Å². The molecule has 0 spiro atoms. The van der Waals surface area contributed by atoms with E-state index >= 15 is 0 Å². The average Bonchev–Trinajstić information content (AvgIpc) is 2.27. The molecule has 0 saturated carbocycles. The van der Waals surface area contributed by atoms with Crippen molar-refractivity contribution in [2.24, 2.45) is 0 Å². The summed E-state index contributed by atoms with van der Waals surface area (Å²) in [5, 5.41) is 11.9. The van der Waals surface area contributed by atoms with Crippen molar-refractivity contribution in [3.8, 4) is 0 Å². The summed E-state index contributed by atoms with van der Waals surface area (Å²) >= 11 is 0. The Balaban J connectivity index is 2.90. The molecule has 0 aliphatic rings. The fourth-order valence-corrected chi connectivity index (χ4v) is 1.45. The van der Waals surface area contributed by atoms with Crippen LogP contribution in [0.4, 0.5) is 4.39 Å². The Hall–Kier alpha value is -1.42. The predicted octanol–water partition coefficient (Wildman–Crippen LogP) is 2.02. The third-order valence-electron chi connectivity index (χ3n) is 2.85. The van der Waals surface area contributed by atoms with Crippen LogP contribution in [0, 0.1) is 12.7 Å². The number of hydrogen-bond donors (Lipinski definition) is 2. The minimum absolute atomic E-state index is 0.149. The van der Waals surface area contributed by atoms with Crippen molar-refractivity contribution in [3.05, 3.63) is 35.1 Å². The van der Waals surface area contributed by atoms with E-state index in [0.29, 0.717) is 12.0 Å². The van der Waals surface area contributed by atoms with E-state index in [1.807, 2.05) is 6.92 Å². The van der Waals surface area contributed by atoms with Gasteiger partial charge in [0.15, 0.2) is 0 Å². The van der Waals surface area contributed by atoms with E-state index in [0.717, 1.165) is 0 Å². The van der Waals surface area contributed by atoms with Crippen molar-refractivity contribution in [2.75, 3.05) is 6.61 Å². The highest BCUT2D eigenvalue weighted by Crippen LogP contribution is 2.12. The van der Waals surface area contributed by atoms with Crippen LogP contribution in [0.25, 0.3) is 0 Å². The molecule has 0 bridgehead atoms. The lowest BCUT2D eigenvalue weighted by atomic mass is 9.99. The Morgan fingerprint density at radius 1 is 1.47 bits per heavy atom. The van der Waals surface area contributed by atoms with Gasteiger partial charge in [-0.25, -0.2) is 4.39 Å². The van der Waals surface area contributed by atoms with Crippen molar-refractivity contribution in [1.29, 1.82) is 0 Å². The Kier molecular flexibility index (Phi) is 4.23. The lowest BCUT2D eigenvalue weighted by molar-refractivity contribution is 0.0847. The molecule has 94 valence electrons. The van der Waals surface area contributed by atoms with Gasteiger partial charge in [-0.1, -0.05) is 6.92 Å². The number of halogens is 1. The van der Waals surface area contributed by atoms with Gasteiger partial charge in [0.05, 0.1) is 12.1 Å². The van der Waals surface area contributed by atoms with Crippen LogP contribution in [0.1, 0.15) is 36.2 Å². The monoisotopic (exact) mass is 239 g/mol. The maximum Gasteiger partial charge on any atom is 0.251 e. The molecule has 17 heavy (non-hydrogen) atoms. The number of nitrogens with one attached hydrogen (secondary N) is 1. The first-order chi connectivity index (χ1) is 7.90. The second-order valence-electron chi connectivity index (χ2n) is 4.54. The van der Waals surface area contributed by atoms with E-state index in [1.165, 1.54) is 12.1 Å². The first kappa shape index (κ1) is 13.6. The van der Waals surface area contributed by atoms with Crippen LogP contribution in [0.2, 0.25) is 0 Å². The molecule has 0 radical (unpaired) electrons. The minimum Gasteiger partial charge on any atom is -0.394 e. The smallest absolute Gasteiger partial charge is 0.251 e. The molecule has 1 rings (SSSR count). The number of aliphatic hydroxyl groups excluding tert-OH is 1. The van der Waals surface area contributed by atoms with Crippen LogP contribution in [0.3, 0.4) is 0 Å². The molecule has 0 fully saturated rings. The number of carbonyl (C=O) groups is 1. The number of aliphatic hydroxyl groups is 1. The summed E-state index contributed by atoms with van der Waals surface area (Å²) in [4.78, 5) is 11.9. The number of rotatable bonds is 4. The second kappa shape index (κ2) is 5.27. The standard InChI is InChI=1S/C13H18FNO2/c1-4-13(3,8-16)15-12(17)10-5-9(2)6-11(14)7-10/h5-7,16H,4,8H2,1-3H3,(H,15,17)/t13-/m0/s1. The molecule has 0 unspecified atom stereocenters. The van der Waals surface area contributed by atoms with E-state index in [1.54, 1.807) is 19.9 Å². The fraction of sp³-hybridized carbons (Fsp3) is 0.462. The van der Waals surface area contributed by atoms with Crippen LogP contribution in [0.5, 0.6) is 0 Å². The largest absolute Gasteiger partial charge is 0.394 e. The highest BCUT2D eigenvalue weighted by atomic mass is 19.1. The van der Waals surface area contributed by atoms with E-state index < -0.39 is 11.4 Å². The number of aryl methyl sites for hydroxylation is 1. The average molecular weight is 239 g/mol. The van der Waals surface area contributed by atoms with Gasteiger partial charge in [0.25, 0.3) is 5.91 Å². The summed E-state index contributed by atoms with van der Waals surface area (Å²) in [5.74, 6) is -0.802. The van der Waals surface area contributed by atoms with Crippen molar-refractivity contribution in [1.82, 2.24) is 5.32 Å². The first-order valence-electron chi connectivity index (χ1n) is 5.61. The summed E-state index contributed by atoms with van der Waals surface area (Å²) in [6.07, 6.45) is 0.601. The number of carbonyl (C=O) groups excluding carboxylic acids is 1. The van der Waals surface area contributed by atoms with Gasteiger partial charge < -0.3 is 10.4 Å². The van der Waals surface area contributed by atoms with Gasteiger partial charge >= 0.3 is 0 Å². The van der Waals surface area contributed by atoms with Gasteiger partial charge in [0.2, 0.25) is 0 Å². The van der Waals surface area contributed by atoms with E-state index in [4.69, 9.17) is 0 Å². The summed E-state index contributed by atoms with van der Waals surface area (Å²) in [6, 6.07) is 4.17. The molecule has 0 aliphatic heterocycles. The molecule has 1 aromatic rings. The van der Waals surface area contributed by atoms with Crippen molar-refractivity contribution in [2.45, 2.75) is 32.7 Å². The lowest BCUT2D eigenvalue weighted by Crippen LogP contribution is -2.48. The molecule has 1 aromatic carbocycles. The van der Waals surface area contributed by atoms with Crippen LogP contribution in [-0.2, 0) is 0 Å².